The monoisotopic (exact) mass is 509 g/mol. The summed E-state index contributed by atoms with van der Waals surface area (Å²) in [5, 5.41) is 11.0. The molecule has 0 fully saturated rings. The first-order chi connectivity index (χ1) is 17.6. The molecule has 0 aliphatic rings. The highest BCUT2D eigenvalue weighted by Gasteiger charge is 2.22. The van der Waals surface area contributed by atoms with E-state index in [0.29, 0.717) is 40.2 Å². The number of carbonyl (C=O) groups is 1. The molecule has 0 unspecified atom stereocenters. The molecule has 0 amide bonds. The molecule has 4 aromatic rings. The second-order valence-corrected chi connectivity index (χ2v) is 9.21. The normalized spacial score (nSPS) is 11.5. The van der Waals surface area contributed by atoms with Crippen LogP contribution in [0.5, 0.6) is 23.0 Å². The summed E-state index contributed by atoms with van der Waals surface area (Å²) in [4.78, 5) is 25.3. The van der Waals surface area contributed by atoms with Crippen molar-refractivity contribution in [1.29, 1.82) is 0 Å². The lowest BCUT2D eigenvalue weighted by atomic mass is 10.1. The number of aryl methyl sites for hydroxylation is 2. The smallest absolute Gasteiger partial charge is 0.361 e. The fourth-order valence-electron chi connectivity index (χ4n) is 4.34. The van der Waals surface area contributed by atoms with E-state index in [1.54, 1.807) is 19.2 Å². The molecule has 2 aromatic heterocycles. The minimum Gasteiger partial charge on any atom is -0.493 e. The van der Waals surface area contributed by atoms with Crippen LogP contribution in [0.4, 0.5) is 0 Å². The van der Waals surface area contributed by atoms with Crippen LogP contribution in [-0.2, 0) is 13.0 Å². The van der Waals surface area contributed by atoms with Crippen LogP contribution in [0.3, 0.4) is 0 Å². The number of ether oxygens (including phenoxy) is 4. The standard InChI is InChI=1S/C28H31NO8/c1-15(2)35-24-11-17(7-8-21(24)33-5)9-10-29-20(27(30)31)12-19-18-13-23(34-6)25(36-16(3)4)14-22(18)37-28(32)26(19)29/h7-8,11-16H,9-10H2,1-6H3,(H,30,31). The van der Waals surface area contributed by atoms with Crippen molar-refractivity contribution in [2.24, 2.45) is 0 Å². The van der Waals surface area contributed by atoms with E-state index in [2.05, 4.69) is 0 Å². The van der Waals surface area contributed by atoms with E-state index in [0.717, 1.165) is 5.56 Å². The fraction of sp³-hybridized carbons (Fsp3) is 0.357. The summed E-state index contributed by atoms with van der Waals surface area (Å²) < 4.78 is 29.6. The molecule has 0 bridgehead atoms. The average molecular weight is 510 g/mol. The van der Waals surface area contributed by atoms with Crippen molar-refractivity contribution in [3.8, 4) is 23.0 Å². The molecule has 2 heterocycles. The number of hydrogen-bond donors (Lipinski definition) is 1. The van der Waals surface area contributed by atoms with Gasteiger partial charge in [0, 0.05) is 23.4 Å². The van der Waals surface area contributed by atoms with Gasteiger partial charge in [0.15, 0.2) is 23.0 Å². The Labute approximate surface area is 214 Å². The first-order valence-corrected chi connectivity index (χ1v) is 12.0. The summed E-state index contributed by atoms with van der Waals surface area (Å²) in [6, 6.07) is 10.4. The Hall–Kier alpha value is -4.14. The highest BCUT2D eigenvalue weighted by Crippen LogP contribution is 2.36. The van der Waals surface area contributed by atoms with Crippen LogP contribution in [0, 0.1) is 0 Å². The number of aromatic carboxylic acids is 1. The Kier molecular flexibility index (Phi) is 7.33. The average Bonchev–Trinajstić information content (AvgIpc) is 3.22. The van der Waals surface area contributed by atoms with Gasteiger partial charge in [-0.2, -0.15) is 0 Å². The Morgan fingerprint density at radius 3 is 2.14 bits per heavy atom. The first kappa shape index (κ1) is 25.9. The van der Waals surface area contributed by atoms with E-state index in [9.17, 15) is 14.7 Å². The maximum absolute atomic E-state index is 13.1. The Morgan fingerprint density at radius 1 is 0.892 bits per heavy atom. The van der Waals surface area contributed by atoms with Crippen molar-refractivity contribution in [2.75, 3.05) is 14.2 Å². The minimum atomic E-state index is -1.14. The topological polar surface area (TPSA) is 109 Å². The molecule has 0 saturated heterocycles. The number of carboxylic acids is 1. The third kappa shape index (κ3) is 5.21. The lowest BCUT2D eigenvalue weighted by molar-refractivity contribution is 0.0685. The molecule has 9 nitrogen and oxygen atoms in total. The van der Waals surface area contributed by atoms with Crippen molar-refractivity contribution in [3.05, 3.63) is 58.1 Å². The largest absolute Gasteiger partial charge is 0.493 e. The summed E-state index contributed by atoms with van der Waals surface area (Å²) in [5.74, 6) is 0.954. The molecule has 0 radical (unpaired) electrons. The maximum Gasteiger partial charge on any atom is 0.361 e. The molecule has 0 aliphatic heterocycles. The first-order valence-electron chi connectivity index (χ1n) is 12.0. The molecule has 196 valence electrons. The summed E-state index contributed by atoms with van der Waals surface area (Å²) >= 11 is 0. The molecule has 0 aliphatic carbocycles. The van der Waals surface area contributed by atoms with Gasteiger partial charge in [-0.3, -0.25) is 0 Å². The minimum absolute atomic E-state index is 0.0107. The van der Waals surface area contributed by atoms with Crippen LogP contribution in [0.15, 0.2) is 45.6 Å². The van der Waals surface area contributed by atoms with E-state index < -0.39 is 11.6 Å². The van der Waals surface area contributed by atoms with Crippen molar-refractivity contribution in [1.82, 2.24) is 4.57 Å². The van der Waals surface area contributed by atoms with Gasteiger partial charge in [0.25, 0.3) is 0 Å². The number of carboxylic acid groups (broad SMARTS) is 1. The van der Waals surface area contributed by atoms with Gasteiger partial charge in [-0.1, -0.05) is 6.07 Å². The number of aromatic nitrogens is 1. The van der Waals surface area contributed by atoms with Crippen molar-refractivity contribution < 1.29 is 33.3 Å². The van der Waals surface area contributed by atoms with E-state index >= 15 is 0 Å². The third-order valence-corrected chi connectivity index (χ3v) is 5.85. The van der Waals surface area contributed by atoms with Gasteiger partial charge in [0.2, 0.25) is 0 Å². The number of fused-ring (bicyclic) bond motifs is 3. The van der Waals surface area contributed by atoms with Crippen LogP contribution >= 0.6 is 0 Å². The Balaban J connectivity index is 1.81. The predicted octanol–water partition coefficient (Wildman–Crippen LogP) is 5.28. The lowest BCUT2D eigenvalue weighted by Crippen LogP contribution is -2.14. The van der Waals surface area contributed by atoms with E-state index in [1.807, 2.05) is 45.9 Å². The summed E-state index contributed by atoms with van der Waals surface area (Å²) in [7, 11) is 3.09. The predicted molar refractivity (Wildman–Crippen MR) is 140 cm³/mol. The molecule has 4 rings (SSSR count). The van der Waals surface area contributed by atoms with Crippen molar-refractivity contribution in [2.45, 2.75) is 52.9 Å². The zero-order chi connectivity index (χ0) is 26.9. The molecular formula is C28H31NO8. The second-order valence-electron chi connectivity index (χ2n) is 9.21. The second kappa shape index (κ2) is 10.5. The SMILES string of the molecule is COc1ccc(CCn2c(C(=O)O)cc3c4cc(OC)c(OC(C)C)cc4oc(=O)c32)cc1OC(C)C. The van der Waals surface area contributed by atoms with Gasteiger partial charge in [-0.05, 0) is 63.9 Å². The van der Waals surface area contributed by atoms with Crippen LogP contribution in [0.25, 0.3) is 21.9 Å². The van der Waals surface area contributed by atoms with Gasteiger partial charge in [-0.15, -0.1) is 0 Å². The molecule has 37 heavy (non-hydrogen) atoms. The molecule has 0 atom stereocenters. The third-order valence-electron chi connectivity index (χ3n) is 5.85. The van der Waals surface area contributed by atoms with Crippen molar-refractivity contribution >= 4 is 27.8 Å². The fourth-order valence-corrected chi connectivity index (χ4v) is 4.34. The number of nitrogens with zero attached hydrogens (tertiary/aromatic N) is 1. The zero-order valence-electron chi connectivity index (χ0n) is 21.8. The maximum atomic E-state index is 13.1. The van der Waals surface area contributed by atoms with E-state index in [-0.39, 0.29) is 35.5 Å². The van der Waals surface area contributed by atoms with Gasteiger partial charge < -0.3 is 33.0 Å². The molecule has 0 saturated carbocycles. The molecular weight excluding hydrogens is 478 g/mol. The van der Waals surface area contributed by atoms with Gasteiger partial charge in [0.05, 0.1) is 26.4 Å². The zero-order valence-corrected chi connectivity index (χ0v) is 21.8. The number of hydrogen-bond acceptors (Lipinski definition) is 7. The summed E-state index contributed by atoms with van der Waals surface area (Å²) in [5.41, 5.74) is 0.722. The highest BCUT2D eigenvalue weighted by atomic mass is 16.5. The lowest BCUT2D eigenvalue weighted by Gasteiger charge is -2.15. The summed E-state index contributed by atoms with van der Waals surface area (Å²) in [6.45, 7) is 7.84. The molecule has 1 N–H and O–H groups in total. The quantitative estimate of drug-likeness (QED) is 0.288. The van der Waals surface area contributed by atoms with Crippen LogP contribution < -0.4 is 24.6 Å². The molecule has 0 spiro atoms. The summed E-state index contributed by atoms with van der Waals surface area (Å²) in [6.07, 6.45) is 0.285. The van der Waals surface area contributed by atoms with Crippen LogP contribution in [0.1, 0.15) is 43.7 Å². The van der Waals surface area contributed by atoms with E-state index in [4.69, 9.17) is 23.4 Å². The highest BCUT2D eigenvalue weighted by molar-refractivity contribution is 6.07. The Morgan fingerprint density at radius 2 is 1.54 bits per heavy atom. The van der Waals surface area contributed by atoms with Gasteiger partial charge in [-0.25, -0.2) is 9.59 Å². The van der Waals surface area contributed by atoms with Crippen LogP contribution in [-0.4, -0.2) is 42.1 Å². The molecule has 2 aromatic carbocycles. The van der Waals surface area contributed by atoms with E-state index in [1.165, 1.54) is 17.7 Å². The Bertz CT molecular complexity index is 1510. The van der Waals surface area contributed by atoms with Gasteiger partial charge in [0.1, 0.15) is 16.8 Å². The number of benzene rings is 2. The number of methoxy groups -OCH3 is 2. The van der Waals surface area contributed by atoms with Crippen molar-refractivity contribution in [3.63, 3.8) is 0 Å². The van der Waals surface area contributed by atoms with Crippen LogP contribution in [0.2, 0.25) is 0 Å². The van der Waals surface area contributed by atoms with Gasteiger partial charge >= 0.3 is 11.6 Å². The number of rotatable bonds is 10. The molecule has 9 heteroatoms.